The van der Waals surface area contributed by atoms with Crippen LogP contribution in [0.25, 0.3) is 0 Å². The molecular weight excluding hydrogens is 558 g/mol. The molecule has 256 valence electrons. The minimum absolute atomic E-state index is 0.0280. The van der Waals surface area contributed by atoms with E-state index in [0.717, 1.165) is 70.4 Å². The minimum Gasteiger partial charge on any atom is -0.379 e. The van der Waals surface area contributed by atoms with Crippen molar-refractivity contribution in [3.8, 4) is 0 Å². The molecule has 0 aliphatic heterocycles. The van der Waals surface area contributed by atoms with E-state index in [1.165, 1.54) is 35.1 Å². The van der Waals surface area contributed by atoms with Gasteiger partial charge in [-0.1, -0.05) is 113 Å². The van der Waals surface area contributed by atoms with E-state index in [2.05, 4.69) is 130 Å². The number of hydrogen-bond donors (Lipinski definition) is 5. The molecule has 45 heavy (non-hydrogen) atoms. The summed E-state index contributed by atoms with van der Waals surface area (Å²) in [6.07, 6.45) is 10.6. The molecule has 1 unspecified atom stereocenters. The van der Waals surface area contributed by atoms with E-state index >= 15 is 0 Å². The Morgan fingerprint density at radius 3 is 1.96 bits per heavy atom. The summed E-state index contributed by atoms with van der Waals surface area (Å²) in [5.74, 6) is 0.0280. The van der Waals surface area contributed by atoms with Crippen LogP contribution in [-0.2, 0) is 22.4 Å². The number of rotatable bonds is 18. The van der Waals surface area contributed by atoms with Crippen LogP contribution in [0.4, 0.5) is 0 Å². The monoisotopic (exact) mass is 626 g/mol. The fraction of sp³-hybridized carbons (Fsp3) is 0.579. The molecule has 7 heteroatoms. The highest BCUT2D eigenvalue weighted by Crippen LogP contribution is 2.12. The van der Waals surface area contributed by atoms with Crippen LogP contribution in [-0.4, -0.2) is 58.1 Å². The second-order valence-electron chi connectivity index (χ2n) is 11.3. The zero-order chi connectivity index (χ0) is 34.1. The number of benzene rings is 2. The molecule has 5 N–H and O–H groups in total. The van der Waals surface area contributed by atoms with E-state index < -0.39 is 0 Å². The third-order valence-electron chi connectivity index (χ3n) is 6.25. The third kappa shape index (κ3) is 28.1. The highest BCUT2D eigenvalue weighted by atomic mass is 16.2. The molecule has 7 nitrogen and oxygen atoms in total. The molecule has 0 fully saturated rings. The topological polar surface area (TPSA) is 94.3 Å². The molecule has 0 aromatic heterocycles. The average Bonchev–Trinajstić information content (AvgIpc) is 3.00. The lowest BCUT2D eigenvalue weighted by atomic mass is 9.99. The van der Waals surface area contributed by atoms with Crippen molar-refractivity contribution in [3.63, 3.8) is 0 Å². The second-order valence-corrected chi connectivity index (χ2v) is 11.3. The number of allylic oxidation sites excluding steroid dienone is 1. The number of hydrogen-bond acceptors (Lipinski definition) is 5. The second kappa shape index (κ2) is 32.2. The maximum absolute atomic E-state index is 11.7. The summed E-state index contributed by atoms with van der Waals surface area (Å²) < 4.78 is 0. The van der Waals surface area contributed by atoms with E-state index in [1.54, 1.807) is 0 Å². The molecule has 2 rings (SSSR count). The lowest BCUT2D eigenvalue weighted by Gasteiger charge is -2.15. The van der Waals surface area contributed by atoms with Crippen molar-refractivity contribution in [2.24, 2.45) is 0 Å². The third-order valence-corrected chi connectivity index (χ3v) is 6.25. The van der Waals surface area contributed by atoms with E-state index in [1.807, 2.05) is 14.0 Å². The van der Waals surface area contributed by atoms with Crippen LogP contribution in [0.2, 0.25) is 0 Å². The van der Waals surface area contributed by atoms with E-state index in [4.69, 9.17) is 0 Å². The number of carbonyl (C=O) groups excluding carboxylic acids is 2. The zero-order valence-corrected chi connectivity index (χ0v) is 30.2. The van der Waals surface area contributed by atoms with Crippen molar-refractivity contribution in [3.05, 3.63) is 82.6 Å². The molecule has 2 amide bonds. The van der Waals surface area contributed by atoms with Gasteiger partial charge in [-0.2, -0.15) is 0 Å². The van der Waals surface area contributed by atoms with E-state index in [0.29, 0.717) is 6.54 Å². The fourth-order valence-electron chi connectivity index (χ4n) is 4.29. The van der Waals surface area contributed by atoms with Gasteiger partial charge in [-0.3, -0.25) is 9.59 Å². The normalized spacial score (nSPS) is 10.9. The Bertz CT molecular complexity index is 992. The Kier molecular flexibility index (Phi) is 31.5. The number of carbonyl (C=O) groups is 2. The molecule has 0 bridgehead atoms. The summed E-state index contributed by atoms with van der Waals surface area (Å²) in [5.41, 5.74) is 6.64. The Morgan fingerprint density at radius 2 is 1.47 bits per heavy atom. The van der Waals surface area contributed by atoms with Crippen LogP contribution < -0.4 is 26.6 Å². The highest BCUT2D eigenvalue weighted by Gasteiger charge is 2.06. The zero-order valence-electron chi connectivity index (χ0n) is 30.2. The van der Waals surface area contributed by atoms with Crippen molar-refractivity contribution in [2.75, 3.05) is 39.8 Å². The van der Waals surface area contributed by atoms with Crippen molar-refractivity contribution in [2.45, 2.75) is 106 Å². The molecule has 0 aliphatic carbocycles. The molecular formula is C38H67N5O2. The Labute approximate surface area is 276 Å². The van der Waals surface area contributed by atoms with E-state index in [9.17, 15) is 9.59 Å². The number of likely N-dealkylation sites (N-methyl/N-ethyl adjacent to an activating group) is 1. The van der Waals surface area contributed by atoms with Gasteiger partial charge in [0.15, 0.2) is 0 Å². The summed E-state index contributed by atoms with van der Waals surface area (Å²) in [7, 11) is 1.88. The molecule has 1 atom stereocenters. The molecule has 0 radical (unpaired) electrons. The standard InChI is InChI=1S/C14H30N4O.C13H19NO.C8H10.C3H8/c1-5-7-13(10-16-8-6-2)17-11-14(19)18-12(3)9-15-4;1-2-6-12-7-3-4-8-13(12)9-5-10-14-11-15;1-7-4-3-5-8(2)6-7;1-3-2/h7,12,15-17H,5-6,8-11H2,1-4H3,(H,18,19);3-4,7-8,11H,2,5-6,9-10H2,1H3,(H,14,15);3-6H,1-2H3;3H2,1-2H3/b13-7-;;;. The van der Waals surface area contributed by atoms with Gasteiger partial charge in [-0.15, -0.1) is 0 Å². The first kappa shape index (κ1) is 44.0. The van der Waals surface area contributed by atoms with Crippen LogP contribution in [0.1, 0.15) is 95.9 Å². The first-order valence-electron chi connectivity index (χ1n) is 17.1. The van der Waals surface area contributed by atoms with Gasteiger partial charge in [0.1, 0.15) is 0 Å². The Balaban J connectivity index is 0. The van der Waals surface area contributed by atoms with Crippen LogP contribution in [0, 0.1) is 13.8 Å². The van der Waals surface area contributed by atoms with Crippen molar-refractivity contribution in [1.29, 1.82) is 0 Å². The summed E-state index contributed by atoms with van der Waals surface area (Å²) >= 11 is 0. The van der Waals surface area contributed by atoms with Crippen LogP contribution >= 0.6 is 0 Å². The van der Waals surface area contributed by atoms with Gasteiger partial charge in [0.05, 0.1) is 6.54 Å². The summed E-state index contributed by atoms with van der Waals surface area (Å²) in [5, 5.41) is 15.2. The van der Waals surface area contributed by atoms with E-state index in [-0.39, 0.29) is 11.9 Å². The molecule has 2 aromatic rings. The smallest absolute Gasteiger partial charge is 0.239 e. The summed E-state index contributed by atoms with van der Waals surface area (Å²) in [6, 6.07) is 17.2. The van der Waals surface area contributed by atoms with Gasteiger partial charge in [0.2, 0.25) is 12.3 Å². The van der Waals surface area contributed by atoms with Crippen molar-refractivity contribution in [1.82, 2.24) is 26.6 Å². The molecule has 0 saturated heterocycles. The first-order valence-corrected chi connectivity index (χ1v) is 17.1. The fourth-order valence-corrected chi connectivity index (χ4v) is 4.29. The van der Waals surface area contributed by atoms with Gasteiger partial charge in [-0.05, 0) is 77.6 Å². The average molecular weight is 626 g/mol. The van der Waals surface area contributed by atoms with Gasteiger partial charge in [-0.25, -0.2) is 0 Å². The van der Waals surface area contributed by atoms with Gasteiger partial charge < -0.3 is 26.6 Å². The SMILES string of the molecule is CC/C=C(/CNCCC)NCC(=O)NC(C)CNC.CCC.CCCc1ccccc1CCCNC=O.Cc1cccc(C)c1. The lowest BCUT2D eigenvalue weighted by Crippen LogP contribution is -2.43. The summed E-state index contributed by atoms with van der Waals surface area (Å²) in [6.45, 7) is 20.5. The minimum atomic E-state index is 0.0280. The number of aryl methyl sites for hydroxylation is 4. The van der Waals surface area contributed by atoms with Crippen LogP contribution in [0.3, 0.4) is 0 Å². The predicted molar refractivity (Wildman–Crippen MR) is 196 cm³/mol. The number of amides is 2. The number of nitrogens with one attached hydrogen (secondary N) is 5. The predicted octanol–water partition coefficient (Wildman–Crippen LogP) is 6.63. The van der Waals surface area contributed by atoms with Gasteiger partial charge >= 0.3 is 0 Å². The highest BCUT2D eigenvalue weighted by molar-refractivity contribution is 5.78. The van der Waals surface area contributed by atoms with Crippen LogP contribution in [0.15, 0.2) is 60.3 Å². The quantitative estimate of drug-likeness (QED) is 0.0947. The molecule has 0 saturated carbocycles. The van der Waals surface area contributed by atoms with Crippen molar-refractivity contribution < 1.29 is 9.59 Å². The Morgan fingerprint density at radius 1 is 0.844 bits per heavy atom. The molecule has 0 aliphatic rings. The lowest BCUT2D eigenvalue weighted by molar-refractivity contribution is -0.120. The molecule has 0 spiro atoms. The molecule has 2 aromatic carbocycles. The molecule has 0 heterocycles. The van der Waals surface area contributed by atoms with Gasteiger partial charge in [0.25, 0.3) is 0 Å². The summed E-state index contributed by atoms with van der Waals surface area (Å²) in [4.78, 5) is 21.8. The maximum Gasteiger partial charge on any atom is 0.239 e. The maximum atomic E-state index is 11.7. The van der Waals surface area contributed by atoms with Gasteiger partial charge in [0, 0.05) is 31.4 Å². The largest absolute Gasteiger partial charge is 0.379 e. The first-order chi connectivity index (χ1) is 21.7. The Hall–Kier alpha value is -3.16. The van der Waals surface area contributed by atoms with Crippen molar-refractivity contribution >= 4 is 12.3 Å². The van der Waals surface area contributed by atoms with Crippen LogP contribution in [0.5, 0.6) is 0 Å².